The molecule has 9 heteroatoms. The van der Waals surface area contributed by atoms with Crippen molar-refractivity contribution < 1.29 is 22.4 Å². The lowest BCUT2D eigenvalue weighted by Crippen LogP contribution is -2.51. The number of benzene rings is 3. The molecule has 1 saturated heterocycles. The maximum absolute atomic E-state index is 14.0. The summed E-state index contributed by atoms with van der Waals surface area (Å²) in [5, 5.41) is 0. The van der Waals surface area contributed by atoms with Crippen molar-refractivity contribution in [3.05, 3.63) is 102 Å². The topological polar surface area (TPSA) is 78.0 Å². The maximum Gasteiger partial charge on any atom is 0.253 e. The maximum atomic E-state index is 14.0. The van der Waals surface area contributed by atoms with E-state index in [1.54, 1.807) is 52.3 Å². The third-order valence-electron chi connectivity index (χ3n) is 6.94. The Morgan fingerprint density at radius 2 is 1.56 bits per heavy atom. The normalized spacial score (nSPS) is 14.4. The third-order valence-corrected chi connectivity index (χ3v) is 8.80. The van der Waals surface area contributed by atoms with Crippen LogP contribution in [0.1, 0.15) is 42.1 Å². The van der Waals surface area contributed by atoms with E-state index in [4.69, 9.17) is 0 Å². The quantitative estimate of drug-likeness (QED) is 0.370. The smallest absolute Gasteiger partial charge is 0.253 e. The number of carbonyl (C=O) groups is 2. The SMILES string of the molecule is CCCN(CC(=O)N(Cc1cccc(F)c1)C1CCN(C(=O)c2ccccc2)CC1)S(=O)(=O)c1ccccc1. The van der Waals surface area contributed by atoms with Crippen LogP contribution < -0.4 is 0 Å². The zero-order valence-electron chi connectivity index (χ0n) is 22.1. The predicted octanol–water partition coefficient (Wildman–Crippen LogP) is 4.56. The summed E-state index contributed by atoms with van der Waals surface area (Å²) in [7, 11) is -3.88. The highest BCUT2D eigenvalue weighted by atomic mass is 32.2. The molecule has 0 radical (unpaired) electrons. The molecule has 1 heterocycles. The molecule has 0 aliphatic carbocycles. The molecule has 1 aliphatic rings. The van der Waals surface area contributed by atoms with Crippen molar-refractivity contribution in [1.82, 2.24) is 14.1 Å². The molecule has 39 heavy (non-hydrogen) atoms. The number of carbonyl (C=O) groups excluding carboxylic acids is 2. The van der Waals surface area contributed by atoms with Gasteiger partial charge < -0.3 is 9.80 Å². The van der Waals surface area contributed by atoms with E-state index in [9.17, 15) is 22.4 Å². The molecular weight excluding hydrogens is 517 g/mol. The number of amides is 2. The summed E-state index contributed by atoms with van der Waals surface area (Å²) in [6, 6.07) is 23.0. The van der Waals surface area contributed by atoms with Gasteiger partial charge in [0.1, 0.15) is 5.82 Å². The lowest BCUT2D eigenvalue weighted by Gasteiger charge is -2.39. The van der Waals surface area contributed by atoms with Gasteiger partial charge in [0.25, 0.3) is 5.91 Å². The van der Waals surface area contributed by atoms with Crippen LogP contribution in [0.15, 0.2) is 89.8 Å². The van der Waals surface area contributed by atoms with Crippen LogP contribution in [0.3, 0.4) is 0 Å². The van der Waals surface area contributed by atoms with Crippen molar-refractivity contribution in [1.29, 1.82) is 0 Å². The average molecular weight is 552 g/mol. The number of piperidine rings is 1. The van der Waals surface area contributed by atoms with Gasteiger partial charge >= 0.3 is 0 Å². The highest BCUT2D eigenvalue weighted by Crippen LogP contribution is 2.23. The molecule has 3 aromatic rings. The van der Waals surface area contributed by atoms with Gasteiger partial charge in [-0.3, -0.25) is 9.59 Å². The van der Waals surface area contributed by atoms with Crippen molar-refractivity contribution in [2.24, 2.45) is 0 Å². The lowest BCUT2D eigenvalue weighted by molar-refractivity contribution is -0.135. The minimum Gasteiger partial charge on any atom is -0.338 e. The number of hydrogen-bond acceptors (Lipinski definition) is 4. The van der Waals surface area contributed by atoms with E-state index in [0.717, 1.165) is 0 Å². The van der Waals surface area contributed by atoms with Gasteiger partial charge in [-0.2, -0.15) is 4.31 Å². The summed E-state index contributed by atoms with van der Waals surface area (Å²) in [6.45, 7) is 2.82. The van der Waals surface area contributed by atoms with Crippen LogP contribution in [0.25, 0.3) is 0 Å². The molecule has 0 spiro atoms. The van der Waals surface area contributed by atoms with Gasteiger partial charge in [-0.1, -0.05) is 55.5 Å². The fraction of sp³-hybridized carbons (Fsp3) is 0.333. The minimum absolute atomic E-state index is 0.0554. The molecule has 0 atom stereocenters. The lowest BCUT2D eigenvalue weighted by atomic mass is 10.0. The Bertz CT molecular complexity index is 1360. The molecule has 0 saturated carbocycles. The van der Waals surface area contributed by atoms with E-state index in [-0.39, 0.29) is 42.4 Å². The highest BCUT2D eigenvalue weighted by Gasteiger charge is 2.33. The van der Waals surface area contributed by atoms with Crippen LogP contribution in [-0.4, -0.2) is 66.6 Å². The monoisotopic (exact) mass is 551 g/mol. The van der Waals surface area contributed by atoms with Gasteiger partial charge in [0.05, 0.1) is 11.4 Å². The first kappa shape index (κ1) is 28.4. The molecule has 0 unspecified atom stereocenters. The first-order chi connectivity index (χ1) is 18.8. The van der Waals surface area contributed by atoms with E-state index >= 15 is 0 Å². The number of halogens is 1. The van der Waals surface area contributed by atoms with Crippen LogP contribution in [0.5, 0.6) is 0 Å². The van der Waals surface area contributed by atoms with Gasteiger partial charge in [0.2, 0.25) is 15.9 Å². The number of nitrogens with zero attached hydrogens (tertiary/aromatic N) is 3. The Labute approximate surface area is 229 Å². The van der Waals surface area contributed by atoms with E-state index < -0.39 is 15.8 Å². The molecular formula is C30H34FN3O4S. The van der Waals surface area contributed by atoms with E-state index in [2.05, 4.69) is 0 Å². The molecule has 3 aromatic carbocycles. The Balaban J connectivity index is 1.54. The fourth-order valence-electron chi connectivity index (χ4n) is 4.91. The molecule has 0 bridgehead atoms. The third kappa shape index (κ3) is 7.10. The standard InChI is InChI=1S/C30H34FN3O4S/c1-2-18-33(39(37,38)28-14-7-4-8-15-28)23-29(35)34(22-24-10-9-13-26(31)21-24)27-16-19-32(20-17-27)30(36)25-11-5-3-6-12-25/h3-15,21,27H,2,16-20,22-23H2,1H3. The minimum atomic E-state index is -3.88. The number of likely N-dealkylation sites (tertiary alicyclic amines) is 1. The van der Waals surface area contributed by atoms with Crippen LogP contribution in [0.4, 0.5) is 4.39 Å². The molecule has 1 aliphatic heterocycles. The zero-order chi connectivity index (χ0) is 27.8. The van der Waals surface area contributed by atoms with Gasteiger partial charge in [-0.05, 0) is 61.2 Å². The van der Waals surface area contributed by atoms with Gasteiger partial charge in [0.15, 0.2) is 0 Å². The van der Waals surface area contributed by atoms with Gasteiger partial charge in [-0.15, -0.1) is 0 Å². The highest BCUT2D eigenvalue weighted by molar-refractivity contribution is 7.89. The Kier molecular flexibility index (Phi) is 9.48. The molecule has 2 amide bonds. The zero-order valence-corrected chi connectivity index (χ0v) is 22.9. The van der Waals surface area contributed by atoms with Gasteiger partial charge in [-0.25, -0.2) is 12.8 Å². The van der Waals surface area contributed by atoms with Crippen molar-refractivity contribution in [3.8, 4) is 0 Å². The second kappa shape index (κ2) is 13.0. The van der Waals surface area contributed by atoms with Crippen LogP contribution in [-0.2, 0) is 21.4 Å². The average Bonchev–Trinajstić information content (AvgIpc) is 2.96. The summed E-state index contributed by atoms with van der Waals surface area (Å²) in [5.41, 5.74) is 1.24. The van der Waals surface area contributed by atoms with Crippen molar-refractivity contribution in [2.75, 3.05) is 26.2 Å². The fourth-order valence-corrected chi connectivity index (χ4v) is 6.42. The van der Waals surface area contributed by atoms with Crippen LogP contribution in [0, 0.1) is 5.82 Å². The van der Waals surface area contributed by atoms with Crippen molar-refractivity contribution in [2.45, 2.75) is 43.7 Å². The summed E-state index contributed by atoms with van der Waals surface area (Å²) < 4.78 is 41.9. The largest absolute Gasteiger partial charge is 0.338 e. The van der Waals surface area contributed by atoms with Crippen LogP contribution in [0.2, 0.25) is 0 Å². The van der Waals surface area contributed by atoms with E-state index in [1.165, 1.54) is 28.6 Å². The molecule has 4 rings (SSSR count). The summed E-state index contributed by atoms with van der Waals surface area (Å²) in [5.74, 6) is -0.803. The van der Waals surface area contributed by atoms with E-state index in [1.807, 2.05) is 25.1 Å². The molecule has 1 fully saturated rings. The Morgan fingerprint density at radius 3 is 2.18 bits per heavy atom. The predicted molar refractivity (Wildman–Crippen MR) is 148 cm³/mol. The van der Waals surface area contributed by atoms with Crippen molar-refractivity contribution in [3.63, 3.8) is 0 Å². The number of rotatable bonds is 10. The Hall–Kier alpha value is -3.56. The molecule has 0 N–H and O–H groups in total. The Morgan fingerprint density at radius 1 is 0.923 bits per heavy atom. The van der Waals surface area contributed by atoms with Crippen molar-refractivity contribution >= 4 is 21.8 Å². The second-order valence-electron chi connectivity index (χ2n) is 9.69. The first-order valence-electron chi connectivity index (χ1n) is 13.2. The number of hydrogen-bond donors (Lipinski definition) is 0. The second-order valence-corrected chi connectivity index (χ2v) is 11.6. The molecule has 7 nitrogen and oxygen atoms in total. The van der Waals surface area contributed by atoms with Crippen LogP contribution >= 0.6 is 0 Å². The summed E-state index contributed by atoms with van der Waals surface area (Å²) in [4.78, 5) is 30.3. The summed E-state index contributed by atoms with van der Waals surface area (Å²) in [6.07, 6.45) is 1.63. The summed E-state index contributed by atoms with van der Waals surface area (Å²) >= 11 is 0. The van der Waals surface area contributed by atoms with E-state index in [0.29, 0.717) is 43.5 Å². The molecule has 0 aromatic heterocycles. The molecule has 206 valence electrons. The number of sulfonamides is 1. The first-order valence-corrected chi connectivity index (χ1v) is 14.7. The van der Waals surface area contributed by atoms with Gasteiger partial charge in [0, 0.05) is 37.8 Å².